The predicted molar refractivity (Wildman–Crippen MR) is 152 cm³/mol. The first-order valence-electron chi connectivity index (χ1n) is 13.5. The molecule has 212 valence electrons. The lowest BCUT2D eigenvalue weighted by atomic mass is 10.0. The number of thioether (sulfide) groups is 1. The number of rotatable bonds is 14. The van der Waals surface area contributed by atoms with Crippen LogP contribution in [-0.2, 0) is 25.7 Å². The zero-order chi connectivity index (χ0) is 28.2. The van der Waals surface area contributed by atoms with Crippen LogP contribution < -0.4 is 5.32 Å². The maximum Gasteiger partial charge on any atom is 0.303 e. The molecule has 1 aliphatic heterocycles. The number of anilines is 1. The Hall–Kier alpha value is -3.31. The number of amides is 1. The fourth-order valence-corrected chi connectivity index (χ4v) is 5.23. The average molecular weight is 566 g/mol. The van der Waals surface area contributed by atoms with Crippen molar-refractivity contribution in [2.75, 3.05) is 11.1 Å². The summed E-state index contributed by atoms with van der Waals surface area (Å²) < 4.78 is 12.7. The van der Waals surface area contributed by atoms with Gasteiger partial charge in [0.05, 0.1) is 18.8 Å². The molecule has 0 saturated carbocycles. The normalized spacial score (nSPS) is 18.8. The van der Waals surface area contributed by atoms with Gasteiger partial charge in [0.1, 0.15) is 0 Å². The van der Waals surface area contributed by atoms with E-state index in [0.717, 1.165) is 36.0 Å². The standard InChI is InChI=1S/C30H35N3O6S/c34-19-21-8-10-22(11-9-21)26-18-25(20-40-30-31-16-5-17-32-30)38-29(39-26)23-12-14-24(15-13-23)33-27(35)6-3-1-2-4-7-28(36)37/h5,8-17,25-26,29,34H,1-4,6-7,18-20H2,(H,33,35)(H,36,37). The summed E-state index contributed by atoms with van der Waals surface area (Å²) in [4.78, 5) is 31.5. The molecule has 4 rings (SSSR count). The van der Waals surface area contributed by atoms with E-state index in [9.17, 15) is 14.7 Å². The fourth-order valence-electron chi connectivity index (χ4n) is 4.41. The lowest BCUT2D eigenvalue weighted by molar-refractivity contribution is -0.245. The van der Waals surface area contributed by atoms with Crippen LogP contribution in [0.4, 0.5) is 5.69 Å². The molecule has 1 aromatic heterocycles. The highest BCUT2D eigenvalue weighted by Crippen LogP contribution is 2.39. The maximum atomic E-state index is 12.3. The molecule has 3 atom stereocenters. The predicted octanol–water partition coefficient (Wildman–Crippen LogP) is 5.67. The quantitative estimate of drug-likeness (QED) is 0.129. The van der Waals surface area contributed by atoms with E-state index < -0.39 is 12.3 Å². The number of ether oxygens (including phenoxy) is 2. The number of aliphatic carboxylic acids is 1. The number of carboxylic acid groups (broad SMARTS) is 1. The van der Waals surface area contributed by atoms with Gasteiger partial charge in [-0.2, -0.15) is 0 Å². The van der Waals surface area contributed by atoms with Crippen molar-refractivity contribution in [1.82, 2.24) is 9.97 Å². The van der Waals surface area contributed by atoms with Gasteiger partial charge in [-0.05, 0) is 42.2 Å². The van der Waals surface area contributed by atoms with Gasteiger partial charge in [0.25, 0.3) is 0 Å². The van der Waals surface area contributed by atoms with Gasteiger partial charge in [0, 0.05) is 48.7 Å². The molecule has 10 heteroatoms. The summed E-state index contributed by atoms with van der Waals surface area (Å²) in [6, 6.07) is 17.0. The summed E-state index contributed by atoms with van der Waals surface area (Å²) in [6.45, 7) is -0.0104. The van der Waals surface area contributed by atoms with E-state index >= 15 is 0 Å². The van der Waals surface area contributed by atoms with E-state index in [0.29, 0.717) is 35.9 Å². The SMILES string of the molecule is O=C(O)CCCCCCC(=O)Nc1ccc(C2OC(CSc3ncccn3)CC(c3ccc(CO)cc3)O2)cc1. The first-order chi connectivity index (χ1) is 19.5. The number of unbranched alkanes of at least 4 members (excludes halogenated alkanes) is 3. The van der Waals surface area contributed by atoms with Crippen LogP contribution in [0.15, 0.2) is 72.1 Å². The van der Waals surface area contributed by atoms with Crippen molar-refractivity contribution >= 4 is 29.3 Å². The number of carbonyl (C=O) groups excluding carboxylic acids is 1. The topological polar surface area (TPSA) is 131 Å². The van der Waals surface area contributed by atoms with E-state index in [4.69, 9.17) is 14.6 Å². The third-order valence-corrected chi connectivity index (χ3v) is 7.57. The number of hydrogen-bond donors (Lipinski definition) is 3. The lowest BCUT2D eigenvalue weighted by Gasteiger charge is -2.36. The number of nitrogens with zero attached hydrogens (tertiary/aromatic N) is 2. The van der Waals surface area contributed by atoms with Gasteiger partial charge >= 0.3 is 5.97 Å². The van der Waals surface area contributed by atoms with Crippen molar-refractivity contribution in [3.05, 3.63) is 83.7 Å². The van der Waals surface area contributed by atoms with Crippen LogP contribution in [0, 0.1) is 0 Å². The molecular weight excluding hydrogens is 530 g/mol. The fraction of sp³-hybridized carbons (Fsp3) is 0.400. The van der Waals surface area contributed by atoms with Crippen molar-refractivity contribution in [3.63, 3.8) is 0 Å². The second-order valence-electron chi connectivity index (χ2n) is 9.67. The second-order valence-corrected chi connectivity index (χ2v) is 10.7. The molecular formula is C30H35N3O6S. The van der Waals surface area contributed by atoms with Crippen molar-refractivity contribution in [1.29, 1.82) is 0 Å². The van der Waals surface area contributed by atoms with Crippen molar-refractivity contribution in [2.45, 2.75) is 75.2 Å². The van der Waals surface area contributed by atoms with Crippen LogP contribution in [0.1, 0.15) is 74.0 Å². The molecule has 3 unspecified atom stereocenters. The number of aliphatic hydroxyl groups is 1. The van der Waals surface area contributed by atoms with Crippen LogP contribution >= 0.6 is 11.8 Å². The van der Waals surface area contributed by atoms with Crippen LogP contribution in [0.2, 0.25) is 0 Å². The number of benzene rings is 2. The van der Waals surface area contributed by atoms with E-state index in [-0.39, 0.29) is 31.1 Å². The molecule has 1 fully saturated rings. The third kappa shape index (κ3) is 9.41. The van der Waals surface area contributed by atoms with Gasteiger partial charge < -0.3 is 25.0 Å². The average Bonchev–Trinajstić information content (AvgIpc) is 2.98. The Balaban J connectivity index is 1.35. The molecule has 40 heavy (non-hydrogen) atoms. The molecule has 0 spiro atoms. The Morgan fingerprint density at radius 1 is 0.900 bits per heavy atom. The zero-order valence-corrected chi connectivity index (χ0v) is 23.1. The maximum absolute atomic E-state index is 12.3. The minimum Gasteiger partial charge on any atom is -0.481 e. The van der Waals surface area contributed by atoms with Gasteiger partial charge in [0.15, 0.2) is 11.4 Å². The molecule has 3 aromatic rings. The van der Waals surface area contributed by atoms with Crippen LogP contribution in [0.5, 0.6) is 0 Å². The first kappa shape index (κ1) is 29.7. The van der Waals surface area contributed by atoms with Gasteiger partial charge in [-0.25, -0.2) is 9.97 Å². The lowest BCUT2D eigenvalue weighted by Crippen LogP contribution is -2.31. The highest BCUT2D eigenvalue weighted by Gasteiger charge is 2.32. The highest BCUT2D eigenvalue weighted by atomic mass is 32.2. The molecule has 1 amide bonds. The molecule has 0 bridgehead atoms. The molecule has 0 aliphatic carbocycles. The number of aliphatic hydroxyl groups excluding tert-OH is 1. The first-order valence-corrected chi connectivity index (χ1v) is 14.5. The Morgan fingerprint density at radius 2 is 1.57 bits per heavy atom. The van der Waals surface area contributed by atoms with Crippen LogP contribution in [0.25, 0.3) is 0 Å². The van der Waals surface area contributed by atoms with E-state index in [1.165, 1.54) is 11.8 Å². The largest absolute Gasteiger partial charge is 0.481 e. The molecule has 3 N–H and O–H groups in total. The number of nitrogens with one attached hydrogen (secondary N) is 1. The summed E-state index contributed by atoms with van der Waals surface area (Å²) in [5, 5.41) is 21.7. The molecule has 1 saturated heterocycles. The number of aromatic nitrogens is 2. The number of carbonyl (C=O) groups is 2. The Labute approximate surface area is 238 Å². The molecule has 9 nitrogen and oxygen atoms in total. The summed E-state index contributed by atoms with van der Waals surface area (Å²) in [5.74, 6) is -0.184. The van der Waals surface area contributed by atoms with Crippen LogP contribution in [0.3, 0.4) is 0 Å². The summed E-state index contributed by atoms with van der Waals surface area (Å²) in [7, 11) is 0. The van der Waals surface area contributed by atoms with Crippen molar-refractivity contribution < 1.29 is 29.3 Å². The molecule has 0 radical (unpaired) electrons. The van der Waals surface area contributed by atoms with Gasteiger partial charge in [-0.1, -0.05) is 61.0 Å². The van der Waals surface area contributed by atoms with Gasteiger partial charge in [-0.15, -0.1) is 0 Å². The monoisotopic (exact) mass is 565 g/mol. The Kier molecular flexibility index (Phi) is 11.5. The molecule has 2 heterocycles. The Bertz CT molecular complexity index is 1210. The summed E-state index contributed by atoms with van der Waals surface area (Å²) >= 11 is 1.54. The number of hydrogen-bond acceptors (Lipinski definition) is 8. The van der Waals surface area contributed by atoms with Gasteiger partial charge in [-0.3, -0.25) is 9.59 Å². The smallest absolute Gasteiger partial charge is 0.303 e. The second kappa shape index (κ2) is 15.5. The van der Waals surface area contributed by atoms with E-state index in [1.807, 2.05) is 48.5 Å². The van der Waals surface area contributed by atoms with Crippen molar-refractivity contribution in [3.8, 4) is 0 Å². The third-order valence-electron chi connectivity index (χ3n) is 6.57. The minimum absolute atomic E-state index is 0.0104. The zero-order valence-electron chi connectivity index (χ0n) is 22.3. The molecule has 2 aromatic carbocycles. The molecule has 1 aliphatic rings. The van der Waals surface area contributed by atoms with Gasteiger partial charge in [0.2, 0.25) is 5.91 Å². The highest BCUT2D eigenvalue weighted by molar-refractivity contribution is 7.99. The number of carboxylic acids is 1. The van der Waals surface area contributed by atoms with Crippen LogP contribution in [-0.4, -0.2) is 43.9 Å². The van der Waals surface area contributed by atoms with Crippen molar-refractivity contribution in [2.24, 2.45) is 0 Å². The summed E-state index contributed by atoms with van der Waals surface area (Å²) in [5.41, 5.74) is 3.40. The Morgan fingerprint density at radius 3 is 2.25 bits per heavy atom. The van der Waals surface area contributed by atoms with E-state index in [2.05, 4.69) is 15.3 Å². The van der Waals surface area contributed by atoms with E-state index in [1.54, 1.807) is 18.5 Å². The minimum atomic E-state index is -0.784. The summed E-state index contributed by atoms with van der Waals surface area (Å²) in [6.07, 6.45) is 6.78.